The first-order valence-electron chi connectivity index (χ1n) is 7.80. The Hall–Kier alpha value is -1.10. The summed E-state index contributed by atoms with van der Waals surface area (Å²) in [5, 5.41) is 13.5. The maximum atomic E-state index is 9.59. The van der Waals surface area contributed by atoms with Crippen molar-refractivity contribution in [2.45, 2.75) is 32.1 Å². The number of ether oxygens (including phenoxy) is 2. The molecule has 0 atom stereocenters. The predicted molar refractivity (Wildman–Crippen MR) is 98.2 cm³/mol. The standard InChI is InChI=1S/C17H20Cl3NO3/c1-23-17-13(16(21-22)11-5-3-2-4-6-11)9-12(10-14(17)18)24-8-7-15(19)20/h7,9-11,22H,2-6,8H2,1H3. The van der Waals surface area contributed by atoms with E-state index in [0.717, 1.165) is 25.7 Å². The highest BCUT2D eigenvalue weighted by molar-refractivity contribution is 6.55. The Balaban J connectivity index is 2.34. The van der Waals surface area contributed by atoms with Crippen LogP contribution in [-0.4, -0.2) is 24.6 Å². The van der Waals surface area contributed by atoms with Gasteiger partial charge in [-0.2, -0.15) is 0 Å². The van der Waals surface area contributed by atoms with E-state index in [1.807, 2.05) is 0 Å². The molecular weight excluding hydrogens is 373 g/mol. The van der Waals surface area contributed by atoms with Gasteiger partial charge in [-0.1, -0.05) is 59.2 Å². The van der Waals surface area contributed by atoms with Gasteiger partial charge in [0.15, 0.2) is 0 Å². The summed E-state index contributed by atoms with van der Waals surface area (Å²) >= 11 is 17.5. The molecule has 1 aromatic carbocycles. The van der Waals surface area contributed by atoms with Gasteiger partial charge in [-0.05, 0) is 25.0 Å². The van der Waals surface area contributed by atoms with Crippen molar-refractivity contribution in [2.24, 2.45) is 11.1 Å². The number of oxime groups is 1. The smallest absolute Gasteiger partial charge is 0.146 e. The van der Waals surface area contributed by atoms with E-state index < -0.39 is 0 Å². The highest BCUT2D eigenvalue weighted by Gasteiger charge is 2.25. The van der Waals surface area contributed by atoms with Gasteiger partial charge in [0.2, 0.25) is 0 Å². The molecule has 0 aliphatic heterocycles. The summed E-state index contributed by atoms with van der Waals surface area (Å²) in [6, 6.07) is 3.42. The predicted octanol–water partition coefficient (Wildman–Crippen LogP) is 5.81. The summed E-state index contributed by atoms with van der Waals surface area (Å²) in [6.45, 7) is 0.208. The van der Waals surface area contributed by atoms with Crippen molar-refractivity contribution >= 4 is 40.5 Å². The van der Waals surface area contributed by atoms with Crippen molar-refractivity contribution in [1.82, 2.24) is 0 Å². The minimum Gasteiger partial charge on any atom is -0.494 e. The molecule has 0 bridgehead atoms. The van der Waals surface area contributed by atoms with Crippen molar-refractivity contribution in [3.05, 3.63) is 33.3 Å². The Labute approximate surface area is 157 Å². The monoisotopic (exact) mass is 391 g/mol. The van der Waals surface area contributed by atoms with Crippen LogP contribution < -0.4 is 9.47 Å². The summed E-state index contributed by atoms with van der Waals surface area (Å²) in [5.41, 5.74) is 1.24. The van der Waals surface area contributed by atoms with Gasteiger partial charge in [0, 0.05) is 17.5 Å². The van der Waals surface area contributed by atoms with Gasteiger partial charge in [0.05, 0.1) is 17.8 Å². The maximum Gasteiger partial charge on any atom is 0.146 e. The number of hydrogen-bond donors (Lipinski definition) is 1. The molecule has 0 amide bonds. The number of hydrogen-bond acceptors (Lipinski definition) is 4. The molecular formula is C17H20Cl3NO3. The van der Waals surface area contributed by atoms with Gasteiger partial charge in [0.1, 0.15) is 22.6 Å². The van der Waals surface area contributed by atoms with Crippen LogP contribution in [0, 0.1) is 5.92 Å². The van der Waals surface area contributed by atoms with E-state index in [0.29, 0.717) is 27.8 Å². The summed E-state index contributed by atoms with van der Waals surface area (Å²) in [5.74, 6) is 1.19. The molecule has 1 aromatic rings. The van der Waals surface area contributed by atoms with Gasteiger partial charge in [-0.25, -0.2) is 0 Å². The zero-order chi connectivity index (χ0) is 17.5. The van der Waals surface area contributed by atoms with Crippen LogP contribution in [-0.2, 0) is 0 Å². The molecule has 24 heavy (non-hydrogen) atoms. The molecule has 1 fully saturated rings. The minimum absolute atomic E-state index is 0.134. The van der Waals surface area contributed by atoms with E-state index in [2.05, 4.69) is 5.16 Å². The number of benzene rings is 1. The van der Waals surface area contributed by atoms with Crippen LogP contribution in [0.4, 0.5) is 0 Å². The van der Waals surface area contributed by atoms with Crippen LogP contribution in [0.1, 0.15) is 37.7 Å². The second-order valence-electron chi connectivity index (χ2n) is 5.61. The van der Waals surface area contributed by atoms with Crippen LogP contribution in [0.15, 0.2) is 27.9 Å². The molecule has 2 rings (SSSR count). The molecule has 0 unspecified atom stereocenters. The third-order valence-corrected chi connectivity index (χ3v) is 4.67. The molecule has 1 aliphatic carbocycles. The van der Waals surface area contributed by atoms with E-state index >= 15 is 0 Å². The fourth-order valence-corrected chi connectivity index (χ4v) is 3.39. The number of halogens is 3. The topological polar surface area (TPSA) is 51.0 Å². The Morgan fingerprint density at radius 2 is 2.00 bits per heavy atom. The largest absolute Gasteiger partial charge is 0.494 e. The second-order valence-corrected chi connectivity index (χ2v) is 7.03. The lowest BCUT2D eigenvalue weighted by Crippen LogP contribution is -2.20. The fraction of sp³-hybridized carbons (Fsp3) is 0.471. The Bertz CT molecular complexity index is 622. The van der Waals surface area contributed by atoms with Crippen molar-refractivity contribution in [3.8, 4) is 11.5 Å². The van der Waals surface area contributed by atoms with Gasteiger partial charge >= 0.3 is 0 Å². The molecule has 1 N–H and O–H groups in total. The first-order chi connectivity index (χ1) is 11.6. The molecule has 0 radical (unpaired) electrons. The number of methoxy groups -OCH3 is 1. The Morgan fingerprint density at radius 1 is 1.29 bits per heavy atom. The first kappa shape index (κ1) is 19.2. The third kappa shape index (κ3) is 4.95. The van der Waals surface area contributed by atoms with Crippen LogP contribution in [0.2, 0.25) is 5.02 Å². The molecule has 0 heterocycles. The minimum atomic E-state index is 0.134. The van der Waals surface area contributed by atoms with Gasteiger partial charge in [-0.3, -0.25) is 0 Å². The van der Waals surface area contributed by atoms with E-state index in [9.17, 15) is 5.21 Å². The van der Waals surface area contributed by atoms with Gasteiger partial charge in [0.25, 0.3) is 0 Å². The summed E-state index contributed by atoms with van der Waals surface area (Å²) in [4.78, 5) is 0. The van der Waals surface area contributed by atoms with Crippen LogP contribution in [0.25, 0.3) is 0 Å². The van der Waals surface area contributed by atoms with Crippen LogP contribution in [0.3, 0.4) is 0 Å². The van der Waals surface area contributed by atoms with Gasteiger partial charge in [-0.15, -0.1) is 0 Å². The lowest BCUT2D eigenvalue weighted by atomic mass is 9.83. The Morgan fingerprint density at radius 3 is 2.58 bits per heavy atom. The van der Waals surface area contributed by atoms with Crippen molar-refractivity contribution in [3.63, 3.8) is 0 Å². The molecule has 0 spiro atoms. The molecule has 4 nitrogen and oxygen atoms in total. The highest BCUT2D eigenvalue weighted by atomic mass is 35.5. The molecule has 132 valence electrons. The van der Waals surface area contributed by atoms with Crippen molar-refractivity contribution < 1.29 is 14.7 Å². The second kappa shape index (κ2) is 9.40. The lowest BCUT2D eigenvalue weighted by molar-refractivity contribution is 0.309. The number of rotatable bonds is 6. The summed E-state index contributed by atoms with van der Waals surface area (Å²) < 4.78 is 11.1. The summed E-state index contributed by atoms with van der Waals surface area (Å²) in [7, 11) is 1.54. The maximum absolute atomic E-state index is 9.59. The fourth-order valence-electron chi connectivity index (χ4n) is 2.98. The van der Waals surface area contributed by atoms with Crippen LogP contribution in [0.5, 0.6) is 11.5 Å². The zero-order valence-electron chi connectivity index (χ0n) is 13.4. The SMILES string of the molecule is COc1c(Cl)cc(OCC=C(Cl)Cl)cc1C(=NO)C1CCCCC1. The van der Waals surface area contributed by atoms with Crippen LogP contribution >= 0.6 is 34.8 Å². The molecule has 7 heteroatoms. The van der Waals surface area contributed by atoms with E-state index in [-0.39, 0.29) is 17.0 Å². The number of nitrogens with zero attached hydrogens (tertiary/aromatic N) is 1. The van der Waals surface area contributed by atoms with E-state index in [4.69, 9.17) is 44.3 Å². The molecule has 1 aliphatic rings. The average Bonchev–Trinajstić information content (AvgIpc) is 2.56. The lowest BCUT2D eigenvalue weighted by Gasteiger charge is -2.24. The molecule has 0 saturated heterocycles. The Kier molecular flexibility index (Phi) is 7.53. The molecule has 0 aromatic heterocycles. The summed E-state index contributed by atoms with van der Waals surface area (Å²) in [6.07, 6.45) is 6.94. The quantitative estimate of drug-likeness (QED) is 0.378. The van der Waals surface area contributed by atoms with Crippen molar-refractivity contribution in [2.75, 3.05) is 13.7 Å². The zero-order valence-corrected chi connectivity index (χ0v) is 15.7. The third-order valence-electron chi connectivity index (χ3n) is 4.08. The first-order valence-corrected chi connectivity index (χ1v) is 8.94. The highest BCUT2D eigenvalue weighted by Crippen LogP contribution is 2.37. The van der Waals surface area contributed by atoms with Crippen molar-refractivity contribution in [1.29, 1.82) is 0 Å². The average molecular weight is 393 g/mol. The van der Waals surface area contributed by atoms with E-state index in [1.54, 1.807) is 12.1 Å². The van der Waals surface area contributed by atoms with Gasteiger partial charge < -0.3 is 14.7 Å². The molecule has 1 saturated carbocycles. The van der Waals surface area contributed by atoms with E-state index in [1.165, 1.54) is 19.6 Å². The normalized spacial score (nSPS) is 15.9.